The van der Waals surface area contributed by atoms with Crippen LogP contribution in [0.1, 0.15) is 77.0 Å². The summed E-state index contributed by atoms with van der Waals surface area (Å²) in [6, 6.07) is 4.83. The molecule has 0 aromatic carbocycles. The van der Waals surface area contributed by atoms with Gasteiger partial charge in [0.25, 0.3) is 0 Å². The van der Waals surface area contributed by atoms with Crippen molar-refractivity contribution in [2.45, 2.75) is 96.6 Å². The molecule has 218 valence electrons. The highest BCUT2D eigenvalue weighted by atomic mass is 35.5. The second-order valence-corrected chi connectivity index (χ2v) is 14.7. The molecule has 3 aromatic rings. The van der Waals surface area contributed by atoms with Crippen molar-refractivity contribution in [1.29, 1.82) is 0 Å². The number of nitrogens with one attached hydrogen (secondary N) is 1. The molecule has 2 amide bonds. The lowest BCUT2D eigenvalue weighted by Gasteiger charge is -2.40. The van der Waals surface area contributed by atoms with E-state index in [-0.39, 0.29) is 16.7 Å². The van der Waals surface area contributed by atoms with E-state index in [9.17, 15) is 14.7 Å². The molecule has 0 aliphatic heterocycles. The number of amides is 2. The number of carbonyl (C=O) groups excluding carboxylic acids is 2. The Hall–Kier alpha value is -2.11. The molecule has 0 bridgehead atoms. The second-order valence-electron chi connectivity index (χ2n) is 11.9. The molecule has 40 heavy (non-hydrogen) atoms. The van der Waals surface area contributed by atoms with E-state index in [1.165, 1.54) is 27.6 Å². The summed E-state index contributed by atoms with van der Waals surface area (Å²) in [5.41, 5.74) is -2.02. The number of pyridine rings is 1. The SMILES string of the molecule is CC(C)(C)OC(=O)N[C@H]1CCCCC1(O)c1sc2c(N(Cc3cccs3)C(=O)OC(C)(C)C)cc(Cl)nc2c1Cl. The summed E-state index contributed by atoms with van der Waals surface area (Å²) in [6.07, 6.45) is 1.35. The molecule has 0 spiro atoms. The van der Waals surface area contributed by atoms with Crippen LogP contribution in [0.4, 0.5) is 15.3 Å². The maximum Gasteiger partial charge on any atom is 0.415 e. The van der Waals surface area contributed by atoms with Gasteiger partial charge >= 0.3 is 12.2 Å². The Morgan fingerprint density at radius 1 is 1.18 bits per heavy atom. The predicted molar refractivity (Wildman–Crippen MR) is 162 cm³/mol. The molecule has 12 heteroatoms. The van der Waals surface area contributed by atoms with Gasteiger partial charge in [0, 0.05) is 10.9 Å². The Labute approximate surface area is 252 Å². The molecular formula is C28H35Cl2N3O5S2. The van der Waals surface area contributed by atoms with Gasteiger partial charge in [-0.25, -0.2) is 14.6 Å². The molecule has 1 saturated carbocycles. The zero-order chi connectivity index (χ0) is 29.5. The number of fused-ring (bicyclic) bond motifs is 1. The standard InChI is InChI=1S/C28H35Cl2N3O5S2/c1-26(2,3)37-24(34)31-18-11-7-8-12-28(18,36)23-20(30)21-22(40-23)17(14-19(29)32-21)33(15-16-10-9-13-39-16)25(35)38-27(4,5)6/h9-10,13-14,18,36H,7-8,11-12,15H2,1-6H3,(H,31,34)/t18-,28?/m0/s1. The van der Waals surface area contributed by atoms with Crippen LogP contribution in [-0.2, 0) is 21.6 Å². The molecule has 4 rings (SSSR count). The van der Waals surface area contributed by atoms with Gasteiger partial charge in [0.05, 0.1) is 32.9 Å². The number of thiophene rings is 2. The quantitative estimate of drug-likeness (QED) is 0.276. The molecular weight excluding hydrogens is 593 g/mol. The Balaban J connectivity index is 1.81. The van der Waals surface area contributed by atoms with Crippen LogP contribution in [0.25, 0.3) is 10.2 Å². The third-order valence-corrected chi connectivity index (χ3v) is 9.20. The number of ether oxygens (including phenoxy) is 2. The monoisotopic (exact) mass is 627 g/mol. The van der Waals surface area contributed by atoms with Crippen molar-refractivity contribution in [3.63, 3.8) is 0 Å². The molecule has 1 aliphatic carbocycles. The molecule has 1 unspecified atom stereocenters. The van der Waals surface area contributed by atoms with Crippen molar-refractivity contribution >= 4 is 74.0 Å². The summed E-state index contributed by atoms with van der Waals surface area (Å²) in [4.78, 5) is 33.6. The first kappa shape index (κ1) is 30.8. The Kier molecular flexibility index (Phi) is 8.98. The van der Waals surface area contributed by atoms with E-state index in [0.717, 1.165) is 17.7 Å². The number of aliphatic hydroxyl groups is 1. The van der Waals surface area contributed by atoms with Gasteiger partial charge in [-0.05, 0) is 65.8 Å². The van der Waals surface area contributed by atoms with Crippen LogP contribution in [0.5, 0.6) is 0 Å². The fourth-order valence-electron chi connectivity index (χ4n) is 4.66. The first-order valence-corrected chi connectivity index (χ1v) is 15.6. The van der Waals surface area contributed by atoms with Crippen LogP contribution in [-0.4, -0.2) is 39.5 Å². The molecule has 0 saturated heterocycles. The average Bonchev–Trinajstić information content (AvgIpc) is 3.44. The summed E-state index contributed by atoms with van der Waals surface area (Å²) in [5.74, 6) is 0. The summed E-state index contributed by atoms with van der Waals surface area (Å²) in [6.45, 7) is 11.0. The normalized spacial score (nSPS) is 19.9. The van der Waals surface area contributed by atoms with Crippen LogP contribution in [0.2, 0.25) is 10.2 Å². The molecule has 1 aliphatic rings. The number of hydrogen-bond donors (Lipinski definition) is 2. The maximum atomic E-state index is 13.5. The number of halogens is 2. The summed E-state index contributed by atoms with van der Waals surface area (Å²) < 4.78 is 11.8. The van der Waals surface area contributed by atoms with Gasteiger partial charge in [0.15, 0.2) is 0 Å². The van der Waals surface area contributed by atoms with Gasteiger partial charge in [0.1, 0.15) is 27.5 Å². The van der Waals surface area contributed by atoms with Gasteiger partial charge in [-0.2, -0.15) is 0 Å². The lowest BCUT2D eigenvalue weighted by molar-refractivity contribution is -0.0335. The molecule has 1 fully saturated rings. The minimum atomic E-state index is -1.47. The highest BCUT2D eigenvalue weighted by Gasteiger charge is 2.45. The lowest BCUT2D eigenvalue weighted by atomic mass is 9.79. The second kappa shape index (κ2) is 11.6. The molecule has 8 nitrogen and oxygen atoms in total. The minimum absolute atomic E-state index is 0.146. The van der Waals surface area contributed by atoms with E-state index in [0.29, 0.717) is 33.6 Å². The maximum absolute atomic E-state index is 13.5. The van der Waals surface area contributed by atoms with Crippen molar-refractivity contribution in [3.8, 4) is 0 Å². The van der Waals surface area contributed by atoms with Crippen LogP contribution in [0.3, 0.4) is 0 Å². The van der Waals surface area contributed by atoms with Crippen LogP contribution < -0.4 is 10.2 Å². The molecule has 2 atom stereocenters. The van der Waals surface area contributed by atoms with E-state index in [1.807, 2.05) is 17.5 Å². The van der Waals surface area contributed by atoms with Gasteiger partial charge < -0.3 is 19.9 Å². The lowest BCUT2D eigenvalue weighted by Crippen LogP contribution is -2.53. The van der Waals surface area contributed by atoms with Crippen molar-refractivity contribution < 1.29 is 24.2 Å². The zero-order valence-corrected chi connectivity index (χ0v) is 26.6. The number of alkyl carbamates (subject to hydrolysis) is 1. The van der Waals surface area contributed by atoms with Crippen molar-refractivity contribution in [2.24, 2.45) is 0 Å². The van der Waals surface area contributed by atoms with Gasteiger partial charge in [-0.1, -0.05) is 42.1 Å². The summed E-state index contributed by atoms with van der Waals surface area (Å²) in [7, 11) is 0. The van der Waals surface area contributed by atoms with Crippen LogP contribution in [0.15, 0.2) is 23.6 Å². The van der Waals surface area contributed by atoms with Gasteiger partial charge in [-0.3, -0.25) is 4.90 Å². The van der Waals surface area contributed by atoms with Crippen molar-refractivity contribution in [1.82, 2.24) is 10.3 Å². The van der Waals surface area contributed by atoms with Crippen molar-refractivity contribution in [2.75, 3.05) is 4.90 Å². The fourth-order valence-corrected chi connectivity index (χ4v) is 7.35. The van der Waals surface area contributed by atoms with Crippen molar-refractivity contribution in [3.05, 3.63) is 43.5 Å². The molecule has 3 aromatic heterocycles. The third-order valence-electron chi connectivity index (χ3n) is 6.29. The van der Waals surface area contributed by atoms with E-state index < -0.39 is 35.0 Å². The first-order valence-electron chi connectivity index (χ1n) is 13.1. The van der Waals surface area contributed by atoms with E-state index in [4.69, 9.17) is 32.7 Å². The predicted octanol–water partition coefficient (Wildman–Crippen LogP) is 8.26. The van der Waals surface area contributed by atoms with Gasteiger partial charge in [-0.15, -0.1) is 22.7 Å². The average molecular weight is 629 g/mol. The number of carbonyl (C=O) groups is 2. The van der Waals surface area contributed by atoms with Gasteiger partial charge in [0.2, 0.25) is 0 Å². The number of anilines is 1. The van der Waals surface area contributed by atoms with E-state index in [2.05, 4.69) is 10.3 Å². The Morgan fingerprint density at radius 3 is 2.50 bits per heavy atom. The first-order chi connectivity index (χ1) is 18.6. The van der Waals surface area contributed by atoms with Crippen LogP contribution >= 0.6 is 45.9 Å². The smallest absolute Gasteiger partial charge is 0.415 e. The Bertz CT molecular complexity index is 1380. The summed E-state index contributed by atoms with van der Waals surface area (Å²) >= 11 is 16.2. The summed E-state index contributed by atoms with van der Waals surface area (Å²) in [5, 5.41) is 17.3. The highest BCUT2D eigenvalue weighted by molar-refractivity contribution is 7.20. The number of nitrogens with zero attached hydrogens (tertiary/aromatic N) is 2. The molecule has 0 radical (unpaired) electrons. The molecule has 3 heterocycles. The number of hydrogen-bond acceptors (Lipinski definition) is 8. The topological polar surface area (TPSA) is 101 Å². The number of aromatic nitrogens is 1. The fraction of sp³-hybridized carbons (Fsp3) is 0.536. The Morgan fingerprint density at radius 2 is 1.88 bits per heavy atom. The van der Waals surface area contributed by atoms with E-state index in [1.54, 1.807) is 47.6 Å². The van der Waals surface area contributed by atoms with E-state index >= 15 is 0 Å². The third kappa shape index (κ3) is 7.02. The highest BCUT2D eigenvalue weighted by Crippen LogP contribution is 2.50. The van der Waals surface area contributed by atoms with Crippen LogP contribution in [0, 0.1) is 0 Å². The molecule has 2 N–H and O–H groups in total. The zero-order valence-electron chi connectivity index (χ0n) is 23.5. The number of rotatable bonds is 5. The minimum Gasteiger partial charge on any atom is -0.444 e. The largest absolute Gasteiger partial charge is 0.444 e.